The molecule has 1 heterocycles. The van der Waals surface area contributed by atoms with Gasteiger partial charge in [0.25, 0.3) is 0 Å². The van der Waals surface area contributed by atoms with Crippen LogP contribution in [0.5, 0.6) is 5.75 Å². The first-order chi connectivity index (χ1) is 7.83. The number of hydrogen-bond donors (Lipinski definition) is 0. The number of benzene rings is 1. The topological polar surface area (TPSA) is 35.5 Å². The molecule has 0 spiro atoms. The van der Waals surface area contributed by atoms with E-state index in [0.717, 1.165) is 24.2 Å². The van der Waals surface area contributed by atoms with Crippen LogP contribution in [-0.2, 0) is 11.3 Å². The molecular formula is C13H13O3. The van der Waals surface area contributed by atoms with Crippen LogP contribution in [-0.4, -0.2) is 12.1 Å². The average Bonchev–Trinajstić information content (AvgIpc) is 2.90. The van der Waals surface area contributed by atoms with Crippen molar-refractivity contribution < 1.29 is 14.3 Å². The highest BCUT2D eigenvalue weighted by molar-refractivity contribution is 5.93. The van der Waals surface area contributed by atoms with E-state index in [2.05, 4.69) is 6.42 Å². The Bertz CT molecular complexity index is 419. The van der Waals surface area contributed by atoms with Crippen molar-refractivity contribution in [3.05, 3.63) is 35.7 Å². The Morgan fingerprint density at radius 2 is 2.31 bits per heavy atom. The van der Waals surface area contributed by atoms with Crippen molar-refractivity contribution in [2.24, 2.45) is 0 Å². The van der Waals surface area contributed by atoms with Gasteiger partial charge in [-0.2, -0.15) is 0 Å². The highest BCUT2D eigenvalue weighted by Crippen LogP contribution is 2.28. The molecule has 16 heavy (non-hydrogen) atoms. The van der Waals surface area contributed by atoms with E-state index in [4.69, 9.17) is 9.47 Å². The van der Waals surface area contributed by atoms with Crippen LogP contribution in [0.4, 0.5) is 0 Å². The van der Waals surface area contributed by atoms with Crippen molar-refractivity contribution in [1.29, 1.82) is 0 Å². The molecule has 1 aliphatic heterocycles. The summed E-state index contributed by atoms with van der Waals surface area (Å²) in [6.45, 7) is 0.375. The van der Waals surface area contributed by atoms with Gasteiger partial charge < -0.3 is 9.47 Å². The Labute approximate surface area is 94.4 Å². The van der Waals surface area contributed by atoms with Crippen LogP contribution in [0.3, 0.4) is 0 Å². The molecule has 1 saturated carbocycles. The quantitative estimate of drug-likeness (QED) is 0.714. The van der Waals surface area contributed by atoms with Gasteiger partial charge in [-0.05, 0) is 37.5 Å². The molecule has 1 fully saturated rings. The number of esters is 1. The second-order valence-corrected chi connectivity index (χ2v) is 4.22. The molecule has 1 aliphatic carbocycles. The van der Waals surface area contributed by atoms with Crippen LogP contribution in [0.15, 0.2) is 18.2 Å². The summed E-state index contributed by atoms with van der Waals surface area (Å²) in [5.41, 5.74) is 1.60. The molecule has 0 N–H and O–H groups in total. The first-order valence-corrected chi connectivity index (χ1v) is 5.63. The molecule has 1 unspecified atom stereocenters. The molecule has 1 aromatic carbocycles. The maximum Gasteiger partial charge on any atom is 0.338 e. The number of rotatable bonds is 2. The third-order valence-electron chi connectivity index (χ3n) is 3.07. The minimum atomic E-state index is -0.228. The van der Waals surface area contributed by atoms with Crippen molar-refractivity contribution >= 4 is 5.97 Å². The van der Waals surface area contributed by atoms with Gasteiger partial charge in [-0.1, -0.05) is 0 Å². The smallest absolute Gasteiger partial charge is 0.338 e. The first kappa shape index (κ1) is 9.70. The van der Waals surface area contributed by atoms with Gasteiger partial charge in [0, 0.05) is 12.0 Å². The molecule has 1 atom stereocenters. The van der Waals surface area contributed by atoms with Crippen molar-refractivity contribution in [2.45, 2.75) is 32.0 Å². The predicted molar refractivity (Wildman–Crippen MR) is 58.1 cm³/mol. The Morgan fingerprint density at radius 1 is 1.38 bits per heavy atom. The van der Waals surface area contributed by atoms with Crippen LogP contribution in [0, 0.1) is 6.42 Å². The molecule has 83 valence electrons. The Kier molecular flexibility index (Phi) is 2.31. The summed E-state index contributed by atoms with van der Waals surface area (Å²) in [6, 6.07) is 5.54. The number of fused-ring (bicyclic) bond motifs is 1. The van der Waals surface area contributed by atoms with Gasteiger partial charge in [0.05, 0.1) is 5.56 Å². The number of carbonyl (C=O) groups excluding carboxylic acids is 1. The van der Waals surface area contributed by atoms with E-state index in [0.29, 0.717) is 12.2 Å². The van der Waals surface area contributed by atoms with E-state index >= 15 is 0 Å². The minimum Gasteiger partial charge on any atom is -0.490 e. The normalized spacial score (nSPS) is 19.6. The maximum atomic E-state index is 11.3. The lowest BCUT2D eigenvalue weighted by Gasteiger charge is -2.12. The molecule has 0 saturated heterocycles. The zero-order valence-electron chi connectivity index (χ0n) is 8.94. The molecule has 3 heteroatoms. The SMILES string of the molecule is O=C1OCc2cc(OC3[CH]CCC3)ccc21. The van der Waals surface area contributed by atoms with E-state index in [-0.39, 0.29) is 12.1 Å². The van der Waals surface area contributed by atoms with Crippen molar-refractivity contribution in [1.82, 2.24) is 0 Å². The van der Waals surface area contributed by atoms with Crippen molar-refractivity contribution in [2.75, 3.05) is 0 Å². The summed E-state index contributed by atoms with van der Waals surface area (Å²) in [5, 5.41) is 0. The van der Waals surface area contributed by atoms with Crippen LogP contribution >= 0.6 is 0 Å². The number of cyclic esters (lactones) is 1. The van der Waals surface area contributed by atoms with Gasteiger partial charge >= 0.3 is 5.97 Å². The van der Waals surface area contributed by atoms with Crippen molar-refractivity contribution in [3.8, 4) is 5.75 Å². The highest BCUT2D eigenvalue weighted by Gasteiger charge is 2.22. The molecule has 0 aromatic heterocycles. The molecule has 0 bridgehead atoms. The summed E-state index contributed by atoms with van der Waals surface area (Å²) >= 11 is 0. The van der Waals surface area contributed by atoms with E-state index in [1.807, 2.05) is 12.1 Å². The lowest BCUT2D eigenvalue weighted by atomic mass is 10.1. The van der Waals surface area contributed by atoms with E-state index in [1.54, 1.807) is 6.07 Å². The molecule has 1 radical (unpaired) electrons. The van der Waals surface area contributed by atoms with Gasteiger partial charge in [-0.3, -0.25) is 0 Å². The standard InChI is InChI=1S/C13H13O3/c14-13-12-6-5-11(7-9(12)8-15-13)16-10-3-1-2-4-10/h3,5-7,10H,1-2,4,8H2. The van der Waals surface area contributed by atoms with Crippen LogP contribution in [0.1, 0.15) is 35.2 Å². The fraction of sp³-hybridized carbons (Fsp3) is 0.385. The fourth-order valence-corrected chi connectivity index (χ4v) is 2.21. The second-order valence-electron chi connectivity index (χ2n) is 4.22. The maximum absolute atomic E-state index is 11.3. The van der Waals surface area contributed by atoms with E-state index in [9.17, 15) is 4.79 Å². The van der Waals surface area contributed by atoms with Crippen LogP contribution in [0.2, 0.25) is 0 Å². The minimum absolute atomic E-state index is 0.228. The van der Waals surface area contributed by atoms with Gasteiger partial charge in [-0.15, -0.1) is 0 Å². The van der Waals surface area contributed by atoms with Gasteiger partial charge in [0.2, 0.25) is 0 Å². The molecule has 1 aromatic rings. The largest absolute Gasteiger partial charge is 0.490 e. The average molecular weight is 217 g/mol. The summed E-state index contributed by atoms with van der Waals surface area (Å²) < 4.78 is 10.8. The zero-order chi connectivity index (χ0) is 11.0. The second kappa shape index (κ2) is 3.81. The first-order valence-electron chi connectivity index (χ1n) is 5.63. The third kappa shape index (κ3) is 1.66. The number of carbonyl (C=O) groups is 1. The predicted octanol–water partition coefficient (Wildman–Crippen LogP) is 2.49. The summed E-state index contributed by atoms with van der Waals surface area (Å²) in [4.78, 5) is 11.3. The fourth-order valence-electron chi connectivity index (χ4n) is 2.21. The molecular weight excluding hydrogens is 204 g/mol. The molecule has 3 nitrogen and oxygen atoms in total. The third-order valence-corrected chi connectivity index (χ3v) is 3.07. The molecule has 2 aliphatic rings. The Morgan fingerprint density at radius 3 is 3.12 bits per heavy atom. The summed E-state index contributed by atoms with van der Waals surface area (Å²) in [7, 11) is 0. The monoisotopic (exact) mass is 217 g/mol. The van der Waals surface area contributed by atoms with Gasteiger partial charge in [0.15, 0.2) is 0 Å². The van der Waals surface area contributed by atoms with Crippen LogP contribution in [0.25, 0.3) is 0 Å². The number of ether oxygens (including phenoxy) is 2. The van der Waals surface area contributed by atoms with E-state index in [1.165, 1.54) is 6.42 Å². The summed E-state index contributed by atoms with van der Waals surface area (Å²) in [6.07, 6.45) is 5.87. The molecule has 3 rings (SSSR count). The Hall–Kier alpha value is -1.51. The lowest BCUT2D eigenvalue weighted by Crippen LogP contribution is -2.11. The zero-order valence-corrected chi connectivity index (χ0v) is 8.94. The highest BCUT2D eigenvalue weighted by atomic mass is 16.5. The van der Waals surface area contributed by atoms with Crippen LogP contribution < -0.4 is 4.74 Å². The Balaban J connectivity index is 1.79. The van der Waals surface area contributed by atoms with Crippen molar-refractivity contribution in [3.63, 3.8) is 0 Å². The lowest BCUT2D eigenvalue weighted by molar-refractivity contribution is 0.0535. The molecule has 0 amide bonds. The van der Waals surface area contributed by atoms with Gasteiger partial charge in [0.1, 0.15) is 18.5 Å². The van der Waals surface area contributed by atoms with Gasteiger partial charge in [-0.25, -0.2) is 4.79 Å². The van der Waals surface area contributed by atoms with E-state index < -0.39 is 0 Å². The number of hydrogen-bond acceptors (Lipinski definition) is 3. The summed E-state index contributed by atoms with van der Waals surface area (Å²) in [5.74, 6) is 0.606.